The van der Waals surface area contributed by atoms with E-state index in [1.54, 1.807) is 33.8 Å². The molecule has 3 aromatic heterocycles. The van der Waals surface area contributed by atoms with Crippen molar-refractivity contribution in [3.63, 3.8) is 0 Å². The molecule has 1 N–H and O–H groups in total. The Morgan fingerprint density at radius 3 is 2.63 bits per heavy atom. The molecule has 0 bridgehead atoms. The summed E-state index contributed by atoms with van der Waals surface area (Å²) in [5.74, 6) is 0.289. The molecule has 0 saturated carbocycles. The molecule has 49 heavy (non-hydrogen) atoms. The number of benzene rings is 4. The molecule has 0 aliphatic carbocycles. The van der Waals surface area contributed by atoms with E-state index >= 15 is 0 Å². The Morgan fingerprint density at radius 1 is 0.939 bits per heavy atom. The molecule has 1 fully saturated rings. The zero-order valence-corrected chi connectivity index (χ0v) is 26.0. The number of carbonyl (C=O) groups is 1. The third-order valence-electron chi connectivity index (χ3n) is 8.56. The number of fused-ring (bicyclic) bond motifs is 1. The number of rotatable bonds is 10. The van der Waals surface area contributed by atoms with Crippen molar-refractivity contribution in [2.75, 3.05) is 18.4 Å². The molecule has 242 valence electrons. The second-order valence-electron chi connectivity index (χ2n) is 11.7. The monoisotopic (exact) mass is 652 g/mol. The average molecular weight is 653 g/mol. The van der Waals surface area contributed by atoms with Gasteiger partial charge in [-0.05, 0) is 42.0 Å². The van der Waals surface area contributed by atoms with Crippen LogP contribution < -0.4 is 5.32 Å². The molecule has 0 unspecified atom stereocenters. The van der Waals surface area contributed by atoms with Crippen LogP contribution in [0, 0.1) is 10.1 Å². The lowest BCUT2D eigenvalue weighted by atomic mass is 9.94. The van der Waals surface area contributed by atoms with Gasteiger partial charge < -0.3 is 14.6 Å². The minimum absolute atomic E-state index is 0.0763. The summed E-state index contributed by atoms with van der Waals surface area (Å²) in [6.45, 7) is 1.83. The van der Waals surface area contributed by atoms with Crippen molar-refractivity contribution in [2.24, 2.45) is 0 Å². The molecule has 14 nitrogen and oxygen atoms in total. The number of hydrogen-bond donors (Lipinski definition) is 1. The van der Waals surface area contributed by atoms with Gasteiger partial charge in [0.25, 0.3) is 11.6 Å². The van der Waals surface area contributed by atoms with Gasteiger partial charge in [-0.2, -0.15) is 0 Å². The van der Waals surface area contributed by atoms with Gasteiger partial charge in [-0.3, -0.25) is 14.9 Å². The number of amides is 1. The van der Waals surface area contributed by atoms with Crippen molar-refractivity contribution < 1.29 is 14.1 Å². The van der Waals surface area contributed by atoms with Crippen LogP contribution in [-0.2, 0) is 13.1 Å². The standard InChI is InChI=1S/C35H28N10O4/c46-35(25-13-14-32(33(16-25)45(47)48)44-31-12-5-4-11-28(31)38-41-44)42-18-26(19-42)34-30(37-22-49-34)21-43-20-29(39-40-43)24-9-6-10-27(15-24)36-17-23-7-2-1-3-8-23/h1-16,20,22,26,36H,17-19,21H2. The number of nitro benzene ring substituents is 1. The van der Waals surface area contributed by atoms with Gasteiger partial charge in [0.2, 0.25) is 0 Å². The zero-order valence-electron chi connectivity index (χ0n) is 26.0. The van der Waals surface area contributed by atoms with Crippen molar-refractivity contribution in [3.05, 3.63) is 142 Å². The first kappa shape index (κ1) is 29.7. The van der Waals surface area contributed by atoms with Crippen LogP contribution in [0.4, 0.5) is 11.4 Å². The van der Waals surface area contributed by atoms with Gasteiger partial charge in [-0.25, -0.2) is 14.3 Å². The van der Waals surface area contributed by atoms with E-state index in [9.17, 15) is 14.9 Å². The number of aromatic nitrogens is 7. The largest absolute Gasteiger partial charge is 0.448 e. The highest BCUT2D eigenvalue weighted by atomic mass is 16.6. The Balaban J connectivity index is 0.922. The highest BCUT2D eigenvalue weighted by Gasteiger charge is 2.37. The number of hydrogen-bond acceptors (Lipinski definition) is 10. The number of nitrogens with one attached hydrogen (secondary N) is 1. The van der Waals surface area contributed by atoms with Gasteiger partial charge in [-0.1, -0.05) is 65.0 Å². The summed E-state index contributed by atoms with van der Waals surface area (Å²) in [6, 6.07) is 29.8. The Bertz CT molecular complexity index is 2310. The number of likely N-dealkylation sites (tertiary alicyclic amines) is 1. The van der Waals surface area contributed by atoms with Crippen LogP contribution in [0.5, 0.6) is 0 Å². The summed E-state index contributed by atoms with van der Waals surface area (Å²) in [5, 5.41) is 32.4. The van der Waals surface area contributed by atoms with E-state index in [-0.39, 0.29) is 28.8 Å². The van der Waals surface area contributed by atoms with Crippen molar-refractivity contribution in [1.29, 1.82) is 0 Å². The van der Waals surface area contributed by atoms with Gasteiger partial charge in [0.15, 0.2) is 6.39 Å². The molecule has 14 heteroatoms. The van der Waals surface area contributed by atoms with Gasteiger partial charge >= 0.3 is 0 Å². The number of anilines is 1. The summed E-state index contributed by atoms with van der Waals surface area (Å²) in [7, 11) is 0. The van der Waals surface area contributed by atoms with Gasteiger partial charge in [-0.15, -0.1) is 10.2 Å². The van der Waals surface area contributed by atoms with Crippen LogP contribution in [0.25, 0.3) is 28.0 Å². The molecule has 1 aliphatic rings. The maximum Gasteiger partial charge on any atom is 0.295 e. The number of para-hydroxylation sites is 1. The Labute approximate surface area is 278 Å². The van der Waals surface area contributed by atoms with E-state index < -0.39 is 4.92 Å². The third kappa shape index (κ3) is 5.86. The van der Waals surface area contributed by atoms with E-state index in [0.717, 1.165) is 16.9 Å². The second-order valence-corrected chi connectivity index (χ2v) is 11.7. The van der Waals surface area contributed by atoms with Gasteiger partial charge in [0, 0.05) is 42.5 Å². The van der Waals surface area contributed by atoms with Crippen LogP contribution in [0.1, 0.15) is 33.3 Å². The number of carbonyl (C=O) groups excluding carboxylic acids is 1. The summed E-state index contributed by atoms with van der Waals surface area (Å²) in [4.78, 5) is 30.9. The van der Waals surface area contributed by atoms with Crippen molar-refractivity contribution in [3.8, 4) is 16.9 Å². The molecular weight excluding hydrogens is 624 g/mol. The maximum absolute atomic E-state index is 13.4. The quantitative estimate of drug-likeness (QED) is 0.148. The molecule has 4 heterocycles. The first-order valence-corrected chi connectivity index (χ1v) is 15.6. The third-order valence-corrected chi connectivity index (χ3v) is 8.56. The average Bonchev–Trinajstić information content (AvgIpc) is 3.88. The number of nitro groups is 1. The lowest BCUT2D eigenvalue weighted by molar-refractivity contribution is -0.384. The molecule has 0 spiro atoms. The molecule has 8 rings (SSSR count). The fourth-order valence-electron chi connectivity index (χ4n) is 6.00. The summed E-state index contributed by atoms with van der Waals surface area (Å²) < 4.78 is 8.88. The smallest absolute Gasteiger partial charge is 0.295 e. The predicted molar refractivity (Wildman–Crippen MR) is 179 cm³/mol. The Kier molecular flexibility index (Phi) is 7.56. The molecule has 0 atom stereocenters. The van der Waals surface area contributed by atoms with E-state index in [1.807, 2.05) is 54.7 Å². The van der Waals surface area contributed by atoms with Crippen molar-refractivity contribution in [2.45, 2.75) is 19.0 Å². The Morgan fingerprint density at radius 2 is 1.78 bits per heavy atom. The molecule has 1 amide bonds. The molecule has 1 saturated heterocycles. The highest BCUT2D eigenvalue weighted by molar-refractivity contribution is 5.96. The second kappa shape index (κ2) is 12.5. The van der Waals surface area contributed by atoms with Gasteiger partial charge in [0.05, 0.1) is 29.1 Å². The predicted octanol–water partition coefficient (Wildman–Crippen LogP) is 5.48. The van der Waals surface area contributed by atoms with E-state index in [1.165, 1.54) is 28.8 Å². The van der Waals surface area contributed by atoms with Crippen LogP contribution in [0.3, 0.4) is 0 Å². The fraction of sp³-hybridized carbons (Fsp3) is 0.143. The van der Waals surface area contributed by atoms with E-state index in [0.29, 0.717) is 48.7 Å². The van der Waals surface area contributed by atoms with Crippen LogP contribution in [0.15, 0.2) is 114 Å². The molecule has 1 aliphatic heterocycles. The Hall–Kier alpha value is -6.70. The first-order chi connectivity index (χ1) is 24.0. The molecule has 7 aromatic rings. The lowest BCUT2D eigenvalue weighted by Gasteiger charge is -2.38. The maximum atomic E-state index is 13.4. The minimum atomic E-state index is -0.516. The lowest BCUT2D eigenvalue weighted by Crippen LogP contribution is -2.48. The SMILES string of the molecule is O=C(c1ccc(-n2nnc3ccccc32)c([N+](=O)[O-])c1)N1CC(c2ocnc2Cn2cc(-c3cccc(NCc4ccccc4)c3)nn2)C1. The van der Waals surface area contributed by atoms with Gasteiger partial charge in [0.1, 0.15) is 28.4 Å². The highest BCUT2D eigenvalue weighted by Crippen LogP contribution is 2.33. The molecule has 4 aromatic carbocycles. The zero-order chi connectivity index (χ0) is 33.3. The normalized spacial score (nSPS) is 13.0. The fourth-order valence-corrected chi connectivity index (χ4v) is 6.00. The topological polar surface area (TPSA) is 163 Å². The van der Waals surface area contributed by atoms with Crippen LogP contribution in [-0.4, -0.2) is 63.8 Å². The number of nitrogens with zero attached hydrogens (tertiary/aromatic N) is 9. The number of oxazole rings is 1. The molecule has 0 radical (unpaired) electrons. The molecular formula is C35H28N10O4. The first-order valence-electron chi connectivity index (χ1n) is 15.6. The summed E-state index contributed by atoms with van der Waals surface area (Å²) in [5.41, 5.74) is 5.97. The van der Waals surface area contributed by atoms with Crippen molar-refractivity contribution in [1.82, 2.24) is 39.9 Å². The van der Waals surface area contributed by atoms with E-state index in [2.05, 4.69) is 43.1 Å². The minimum Gasteiger partial charge on any atom is -0.448 e. The summed E-state index contributed by atoms with van der Waals surface area (Å²) >= 11 is 0. The van der Waals surface area contributed by atoms with E-state index in [4.69, 9.17) is 4.42 Å². The summed E-state index contributed by atoms with van der Waals surface area (Å²) in [6.07, 6.45) is 3.26. The van der Waals surface area contributed by atoms with Crippen LogP contribution >= 0.6 is 0 Å². The van der Waals surface area contributed by atoms with Crippen molar-refractivity contribution >= 4 is 28.3 Å². The van der Waals surface area contributed by atoms with Crippen LogP contribution in [0.2, 0.25) is 0 Å².